The summed E-state index contributed by atoms with van der Waals surface area (Å²) in [5.41, 5.74) is 8.17. The molecule has 0 spiro atoms. The molecule has 0 saturated heterocycles. The fourth-order valence-electron chi connectivity index (χ4n) is 4.32. The van der Waals surface area contributed by atoms with E-state index in [1.54, 1.807) is 35.0 Å². The quantitative estimate of drug-likeness (QED) is 0.352. The summed E-state index contributed by atoms with van der Waals surface area (Å²) in [5.74, 6) is 1.09. The molecule has 0 amide bonds. The fraction of sp³-hybridized carbons (Fsp3) is 0.280. The molecular formula is C25H26N4O3S2. The second kappa shape index (κ2) is 8.32. The van der Waals surface area contributed by atoms with E-state index in [1.165, 1.54) is 10.5 Å². The summed E-state index contributed by atoms with van der Waals surface area (Å²) < 4.78 is 34.8. The lowest BCUT2D eigenvalue weighted by Gasteiger charge is -2.21. The van der Waals surface area contributed by atoms with Crippen LogP contribution in [-0.4, -0.2) is 28.0 Å². The Morgan fingerprint density at radius 3 is 2.53 bits per heavy atom. The summed E-state index contributed by atoms with van der Waals surface area (Å²) >= 11 is 1.83. The normalized spacial score (nSPS) is 13.0. The summed E-state index contributed by atoms with van der Waals surface area (Å²) in [6, 6.07) is 10.4. The van der Waals surface area contributed by atoms with Gasteiger partial charge in [0.25, 0.3) is 0 Å². The standard InChI is InChI=1S/C25H26N4O3S2/c1-6-29-22(32-34(30,31)19-9-7-15(2)8-10-19)12-21(26-29)20-11-16(3)25-23(17(20)4)24-18(14-33-25)13-28(5)27-24/h7-13H,6,14H2,1-5H3. The molecule has 0 unspecified atom stereocenters. The minimum Gasteiger partial charge on any atom is -0.358 e. The van der Waals surface area contributed by atoms with Crippen molar-refractivity contribution < 1.29 is 12.6 Å². The van der Waals surface area contributed by atoms with Gasteiger partial charge < -0.3 is 4.18 Å². The van der Waals surface area contributed by atoms with Crippen LogP contribution < -0.4 is 4.18 Å². The number of thioether (sulfide) groups is 1. The maximum atomic E-state index is 12.9. The van der Waals surface area contributed by atoms with Gasteiger partial charge in [-0.1, -0.05) is 17.7 Å². The van der Waals surface area contributed by atoms with Crippen LogP contribution in [0.1, 0.15) is 29.2 Å². The van der Waals surface area contributed by atoms with Crippen molar-refractivity contribution >= 4 is 21.9 Å². The van der Waals surface area contributed by atoms with Crippen molar-refractivity contribution in [2.75, 3.05) is 0 Å². The zero-order valence-electron chi connectivity index (χ0n) is 19.8. The van der Waals surface area contributed by atoms with Crippen LogP contribution in [0.15, 0.2) is 52.4 Å². The second-order valence-electron chi connectivity index (χ2n) is 8.57. The van der Waals surface area contributed by atoms with E-state index < -0.39 is 10.1 Å². The van der Waals surface area contributed by atoms with Crippen LogP contribution >= 0.6 is 11.8 Å². The van der Waals surface area contributed by atoms with Crippen LogP contribution in [0.3, 0.4) is 0 Å². The molecule has 1 aliphatic rings. The minimum atomic E-state index is -3.98. The summed E-state index contributed by atoms with van der Waals surface area (Å²) in [7, 11) is -2.04. The van der Waals surface area contributed by atoms with Crippen LogP contribution in [0.5, 0.6) is 5.88 Å². The van der Waals surface area contributed by atoms with Gasteiger partial charge in [0.1, 0.15) is 4.90 Å². The first kappa shape index (κ1) is 22.7. The molecule has 2 aromatic heterocycles. The monoisotopic (exact) mass is 494 g/mol. The van der Waals surface area contributed by atoms with Crippen LogP contribution in [0.2, 0.25) is 0 Å². The van der Waals surface area contributed by atoms with Gasteiger partial charge >= 0.3 is 10.1 Å². The number of hydrogen-bond donors (Lipinski definition) is 0. The van der Waals surface area contributed by atoms with Gasteiger partial charge in [0.2, 0.25) is 5.88 Å². The molecule has 0 bridgehead atoms. The van der Waals surface area contributed by atoms with Crippen molar-refractivity contribution in [3.8, 4) is 28.4 Å². The molecular weight excluding hydrogens is 468 g/mol. The molecule has 7 nitrogen and oxygen atoms in total. The van der Waals surface area contributed by atoms with E-state index in [2.05, 4.69) is 26.1 Å². The molecule has 0 atom stereocenters. The average Bonchev–Trinajstić information content (AvgIpc) is 3.37. The Bertz CT molecular complexity index is 1520. The van der Waals surface area contributed by atoms with Crippen molar-refractivity contribution in [1.29, 1.82) is 0 Å². The number of aromatic nitrogens is 4. The summed E-state index contributed by atoms with van der Waals surface area (Å²) in [6.07, 6.45) is 2.07. The molecule has 34 heavy (non-hydrogen) atoms. The van der Waals surface area contributed by atoms with Crippen LogP contribution in [0.25, 0.3) is 22.5 Å². The molecule has 4 aromatic rings. The molecule has 0 fully saturated rings. The van der Waals surface area contributed by atoms with E-state index >= 15 is 0 Å². The Kier molecular flexibility index (Phi) is 5.56. The van der Waals surface area contributed by atoms with Gasteiger partial charge in [0.05, 0.1) is 11.4 Å². The lowest BCUT2D eigenvalue weighted by molar-refractivity contribution is 0.444. The Morgan fingerprint density at radius 1 is 1.09 bits per heavy atom. The van der Waals surface area contributed by atoms with Crippen LogP contribution in [0, 0.1) is 20.8 Å². The largest absolute Gasteiger partial charge is 0.358 e. The molecule has 0 aliphatic carbocycles. The number of nitrogens with zero attached hydrogens (tertiary/aromatic N) is 4. The third kappa shape index (κ3) is 3.82. The highest BCUT2D eigenvalue weighted by Gasteiger charge is 2.27. The average molecular weight is 495 g/mol. The third-order valence-corrected chi connectivity index (χ3v) is 8.57. The highest BCUT2D eigenvalue weighted by molar-refractivity contribution is 7.98. The first-order chi connectivity index (χ1) is 16.2. The number of benzene rings is 2. The number of fused-ring (bicyclic) bond motifs is 3. The van der Waals surface area contributed by atoms with Crippen molar-refractivity contribution in [2.24, 2.45) is 7.05 Å². The van der Waals surface area contributed by atoms with E-state index in [9.17, 15) is 8.42 Å². The van der Waals surface area contributed by atoms with E-state index in [-0.39, 0.29) is 10.8 Å². The molecule has 0 radical (unpaired) electrons. The minimum absolute atomic E-state index is 0.115. The van der Waals surface area contributed by atoms with E-state index in [4.69, 9.17) is 14.4 Å². The summed E-state index contributed by atoms with van der Waals surface area (Å²) in [4.78, 5) is 1.35. The smallest absolute Gasteiger partial charge is 0.340 e. The zero-order valence-corrected chi connectivity index (χ0v) is 21.4. The molecule has 5 rings (SSSR count). The van der Waals surface area contributed by atoms with Gasteiger partial charge in [0, 0.05) is 53.2 Å². The van der Waals surface area contributed by atoms with Gasteiger partial charge in [-0.2, -0.15) is 18.6 Å². The van der Waals surface area contributed by atoms with E-state index in [0.29, 0.717) is 12.2 Å². The van der Waals surface area contributed by atoms with Gasteiger partial charge in [-0.25, -0.2) is 4.68 Å². The SMILES string of the molecule is CCn1nc(-c2cc(C)c3c(c2C)-c2nn(C)cc2CS3)cc1OS(=O)(=O)c1ccc(C)cc1. The molecule has 3 heterocycles. The van der Waals surface area contributed by atoms with Gasteiger partial charge in [0.15, 0.2) is 0 Å². The summed E-state index contributed by atoms with van der Waals surface area (Å²) in [6.45, 7) is 8.46. The van der Waals surface area contributed by atoms with Crippen molar-refractivity contribution in [2.45, 2.75) is 49.8 Å². The summed E-state index contributed by atoms with van der Waals surface area (Å²) in [5, 5.41) is 9.43. The molecule has 0 N–H and O–H groups in total. The third-order valence-electron chi connectivity index (χ3n) is 6.06. The zero-order chi connectivity index (χ0) is 24.2. The number of hydrogen-bond acceptors (Lipinski definition) is 6. The topological polar surface area (TPSA) is 79.0 Å². The first-order valence-corrected chi connectivity index (χ1v) is 13.5. The Hall–Kier alpha value is -3.04. The predicted octanol–water partition coefficient (Wildman–Crippen LogP) is 5.27. The van der Waals surface area contributed by atoms with Gasteiger partial charge in [-0.05, 0) is 57.0 Å². The van der Waals surface area contributed by atoms with Crippen LogP contribution in [-0.2, 0) is 29.5 Å². The predicted molar refractivity (Wildman–Crippen MR) is 134 cm³/mol. The highest BCUT2D eigenvalue weighted by Crippen LogP contribution is 2.47. The maximum Gasteiger partial charge on any atom is 0.340 e. The first-order valence-electron chi connectivity index (χ1n) is 11.1. The fourth-order valence-corrected chi connectivity index (χ4v) is 6.44. The number of aryl methyl sites for hydroxylation is 4. The Morgan fingerprint density at radius 2 is 1.82 bits per heavy atom. The van der Waals surface area contributed by atoms with Crippen LogP contribution in [0.4, 0.5) is 0 Å². The Labute approximate surface area is 203 Å². The second-order valence-corrected chi connectivity index (χ2v) is 11.1. The lowest BCUT2D eigenvalue weighted by Crippen LogP contribution is -2.12. The maximum absolute atomic E-state index is 12.9. The van der Waals surface area contributed by atoms with E-state index in [1.807, 2.05) is 37.3 Å². The Balaban J connectivity index is 1.59. The molecule has 0 saturated carbocycles. The van der Waals surface area contributed by atoms with Crippen molar-refractivity contribution in [3.05, 3.63) is 64.8 Å². The molecule has 176 valence electrons. The molecule has 1 aliphatic heterocycles. The lowest BCUT2D eigenvalue weighted by atomic mass is 9.93. The van der Waals surface area contributed by atoms with Crippen molar-refractivity contribution in [3.63, 3.8) is 0 Å². The molecule has 9 heteroatoms. The van der Waals surface area contributed by atoms with Gasteiger partial charge in [-0.3, -0.25) is 4.68 Å². The number of rotatable bonds is 5. The van der Waals surface area contributed by atoms with E-state index in [0.717, 1.165) is 39.3 Å². The van der Waals surface area contributed by atoms with Gasteiger partial charge in [-0.15, -0.1) is 11.8 Å². The highest BCUT2D eigenvalue weighted by atomic mass is 32.2. The van der Waals surface area contributed by atoms with Crippen molar-refractivity contribution in [1.82, 2.24) is 19.6 Å². The molecule has 2 aromatic carbocycles.